The van der Waals surface area contributed by atoms with Gasteiger partial charge in [-0.3, -0.25) is 9.78 Å². The SMILES string of the molecule is COCCNS(=O)(=O)c1cccc(C(=O)NCc2ccccn2)c1. The summed E-state index contributed by atoms with van der Waals surface area (Å²) in [6.45, 7) is 0.696. The number of rotatable bonds is 8. The number of carbonyl (C=O) groups excluding carboxylic acids is 1. The molecule has 0 aliphatic carbocycles. The first-order valence-electron chi connectivity index (χ1n) is 7.30. The molecule has 0 saturated carbocycles. The van der Waals surface area contributed by atoms with Crippen LogP contribution in [0.4, 0.5) is 0 Å². The fourth-order valence-electron chi connectivity index (χ4n) is 1.94. The normalized spacial score (nSPS) is 11.2. The van der Waals surface area contributed by atoms with Gasteiger partial charge in [-0.05, 0) is 30.3 Å². The van der Waals surface area contributed by atoms with Crippen molar-refractivity contribution >= 4 is 15.9 Å². The monoisotopic (exact) mass is 349 g/mol. The number of ether oxygens (including phenoxy) is 1. The van der Waals surface area contributed by atoms with Crippen molar-refractivity contribution in [1.82, 2.24) is 15.0 Å². The highest BCUT2D eigenvalue weighted by Crippen LogP contribution is 2.11. The van der Waals surface area contributed by atoms with Crippen molar-refractivity contribution in [3.8, 4) is 0 Å². The van der Waals surface area contributed by atoms with Gasteiger partial charge in [0, 0.05) is 25.4 Å². The second kappa shape index (κ2) is 8.53. The smallest absolute Gasteiger partial charge is 0.251 e. The maximum atomic E-state index is 12.2. The maximum Gasteiger partial charge on any atom is 0.251 e. The van der Waals surface area contributed by atoms with Gasteiger partial charge in [0.1, 0.15) is 0 Å². The third-order valence-electron chi connectivity index (χ3n) is 3.16. The molecule has 0 fully saturated rings. The molecule has 2 rings (SSSR count). The highest BCUT2D eigenvalue weighted by Gasteiger charge is 2.15. The van der Waals surface area contributed by atoms with Gasteiger partial charge < -0.3 is 10.1 Å². The molecule has 8 heteroatoms. The van der Waals surface area contributed by atoms with Crippen molar-refractivity contribution in [1.29, 1.82) is 0 Å². The van der Waals surface area contributed by atoms with Crippen LogP contribution in [-0.4, -0.2) is 39.6 Å². The first-order valence-corrected chi connectivity index (χ1v) is 8.78. The predicted molar refractivity (Wildman–Crippen MR) is 88.9 cm³/mol. The summed E-state index contributed by atoms with van der Waals surface area (Å²) < 4.78 is 31.5. The molecular formula is C16H19N3O4S. The lowest BCUT2D eigenvalue weighted by Crippen LogP contribution is -2.28. The van der Waals surface area contributed by atoms with Crippen molar-refractivity contribution < 1.29 is 17.9 Å². The third kappa shape index (κ3) is 5.12. The number of aromatic nitrogens is 1. The maximum absolute atomic E-state index is 12.2. The fraction of sp³-hybridized carbons (Fsp3) is 0.250. The van der Waals surface area contributed by atoms with Gasteiger partial charge in [0.15, 0.2) is 0 Å². The lowest BCUT2D eigenvalue weighted by Gasteiger charge is -2.09. The Balaban J connectivity index is 2.05. The number of methoxy groups -OCH3 is 1. The van der Waals surface area contributed by atoms with E-state index in [9.17, 15) is 13.2 Å². The Labute approximate surface area is 141 Å². The summed E-state index contributed by atoms with van der Waals surface area (Å²) in [5, 5.41) is 2.71. The second-order valence-corrected chi connectivity index (χ2v) is 6.69. The van der Waals surface area contributed by atoms with E-state index in [1.165, 1.54) is 25.3 Å². The molecule has 0 saturated heterocycles. The molecule has 1 amide bonds. The van der Waals surface area contributed by atoms with Gasteiger partial charge in [0.25, 0.3) is 5.91 Å². The minimum Gasteiger partial charge on any atom is -0.383 e. The van der Waals surface area contributed by atoms with E-state index in [2.05, 4.69) is 15.0 Å². The fourth-order valence-corrected chi connectivity index (χ4v) is 3.00. The lowest BCUT2D eigenvalue weighted by atomic mass is 10.2. The van der Waals surface area contributed by atoms with Gasteiger partial charge in [-0.25, -0.2) is 13.1 Å². The van der Waals surface area contributed by atoms with Gasteiger partial charge in [-0.15, -0.1) is 0 Å². The summed E-state index contributed by atoms with van der Waals surface area (Å²) in [6, 6.07) is 11.3. The Bertz CT molecular complexity index is 779. The van der Waals surface area contributed by atoms with Crippen molar-refractivity contribution in [3.05, 3.63) is 59.9 Å². The number of carbonyl (C=O) groups is 1. The second-order valence-electron chi connectivity index (χ2n) is 4.92. The van der Waals surface area contributed by atoms with Crippen LogP contribution in [0.1, 0.15) is 16.1 Å². The van der Waals surface area contributed by atoms with Crippen LogP contribution < -0.4 is 10.0 Å². The van der Waals surface area contributed by atoms with Gasteiger partial charge in [0.05, 0.1) is 23.7 Å². The van der Waals surface area contributed by atoms with Crippen LogP contribution >= 0.6 is 0 Å². The number of pyridine rings is 1. The summed E-state index contributed by atoms with van der Waals surface area (Å²) in [4.78, 5) is 16.3. The molecular weight excluding hydrogens is 330 g/mol. The van der Waals surface area contributed by atoms with Crippen LogP contribution in [0.5, 0.6) is 0 Å². The van der Waals surface area contributed by atoms with Crippen molar-refractivity contribution in [3.63, 3.8) is 0 Å². The van der Waals surface area contributed by atoms with Crippen LogP contribution in [0.3, 0.4) is 0 Å². The number of amides is 1. The van der Waals surface area contributed by atoms with Crippen molar-refractivity contribution in [2.24, 2.45) is 0 Å². The average Bonchev–Trinajstić information content (AvgIpc) is 2.61. The Morgan fingerprint density at radius 1 is 1.21 bits per heavy atom. The van der Waals surface area contributed by atoms with Gasteiger partial charge in [-0.2, -0.15) is 0 Å². The zero-order chi connectivity index (χ0) is 17.4. The number of benzene rings is 1. The number of nitrogens with zero attached hydrogens (tertiary/aromatic N) is 1. The van der Waals surface area contributed by atoms with E-state index in [4.69, 9.17) is 4.74 Å². The number of nitrogens with one attached hydrogen (secondary N) is 2. The molecule has 0 aliphatic rings. The third-order valence-corrected chi connectivity index (χ3v) is 4.62. The molecule has 2 aromatic rings. The minimum atomic E-state index is -3.68. The molecule has 128 valence electrons. The summed E-state index contributed by atoms with van der Waals surface area (Å²) in [6.07, 6.45) is 1.64. The molecule has 0 bridgehead atoms. The largest absolute Gasteiger partial charge is 0.383 e. The van der Waals surface area contributed by atoms with Crippen LogP contribution in [0.25, 0.3) is 0 Å². The van der Waals surface area contributed by atoms with E-state index in [1.807, 2.05) is 6.07 Å². The Kier molecular flexibility index (Phi) is 6.42. The molecule has 0 unspecified atom stereocenters. The number of sulfonamides is 1. The Morgan fingerprint density at radius 3 is 2.75 bits per heavy atom. The molecule has 1 aromatic carbocycles. The topological polar surface area (TPSA) is 97.4 Å². The van der Waals surface area contributed by atoms with Crippen LogP contribution in [0.2, 0.25) is 0 Å². The zero-order valence-corrected chi connectivity index (χ0v) is 14.0. The van der Waals surface area contributed by atoms with Crippen molar-refractivity contribution in [2.75, 3.05) is 20.3 Å². The summed E-state index contributed by atoms with van der Waals surface area (Å²) in [7, 11) is -2.19. The molecule has 0 radical (unpaired) electrons. The van der Waals surface area contributed by atoms with Gasteiger partial charge in [-0.1, -0.05) is 12.1 Å². The van der Waals surface area contributed by atoms with Crippen LogP contribution in [0, 0.1) is 0 Å². The highest BCUT2D eigenvalue weighted by molar-refractivity contribution is 7.89. The average molecular weight is 349 g/mol. The van der Waals surface area contributed by atoms with Crippen LogP contribution in [-0.2, 0) is 21.3 Å². The first kappa shape index (κ1) is 18.1. The Hall–Kier alpha value is -2.29. The first-order chi connectivity index (χ1) is 11.5. The molecule has 0 aliphatic heterocycles. The van der Waals surface area contributed by atoms with E-state index in [-0.39, 0.29) is 36.1 Å². The standard InChI is InChI=1S/C16H19N3O4S/c1-23-10-9-19-24(21,22)15-7-4-5-13(11-15)16(20)18-12-14-6-2-3-8-17-14/h2-8,11,19H,9-10,12H2,1H3,(H,18,20). The van der Waals surface area contributed by atoms with Gasteiger partial charge in [0.2, 0.25) is 10.0 Å². The summed E-state index contributed by atoms with van der Waals surface area (Å²) in [5.41, 5.74) is 0.983. The van der Waals surface area contributed by atoms with E-state index in [0.29, 0.717) is 0 Å². The van der Waals surface area contributed by atoms with E-state index in [0.717, 1.165) is 5.69 Å². The minimum absolute atomic E-state index is 0.0316. The van der Waals surface area contributed by atoms with E-state index >= 15 is 0 Å². The number of hydrogen-bond donors (Lipinski definition) is 2. The quantitative estimate of drug-likeness (QED) is 0.691. The molecule has 0 spiro atoms. The van der Waals surface area contributed by atoms with Gasteiger partial charge >= 0.3 is 0 Å². The van der Waals surface area contributed by atoms with E-state index < -0.39 is 10.0 Å². The number of hydrogen-bond acceptors (Lipinski definition) is 5. The molecule has 24 heavy (non-hydrogen) atoms. The lowest BCUT2D eigenvalue weighted by molar-refractivity contribution is 0.0950. The van der Waals surface area contributed by atoms with E-state index in [1.54, 1.807) is 24.4 Å². The molecule has 7 nitrogen and oxygen atoms in total. The summed E-state index contributed by atoms with van der Waals surface area (Å²) in [5.74, 6) is -0.366. The molecule has 1 aromatic heterocycles. The van der Waals surface area contributed by atoms with Crippen molar-refractivity contribution in [2.45, 2.75) is 11.4 Å². The molecule has 2 N–H and O–H groups in total. The van der Waals surface area contributed by atoms with Crippen LogP contribution in [0.15, 0.2) is 53.6 Å². The predicted octanol–water partition coefficient (Wildman–Crippen LogP) is 0.936. The molecule has 1 heterocycles. The summed E-state index contributed by atoms with van der Waals surface area (Å²) >= 11 is 0. The Morgan fingerprint density at radius 2 is 2.04 bits per heavy atom. The molecule has 0 atom stereocenters. The highest BCUT2D eigenvalue weighted by atomic mass is 32.2. The zero-order valence-electron chi connectivity index (χ0n) is 13.2.